The first-order valence-corrected chi connectivity index (χ1v) is 2.82. The van der Waals surface area contributed by atoms with E-state index >= 15 is 0 Å². The van der Waals surface area contributed by atoms with Crippen molar-refractivity contribution in [1.82, 2.24) is 5.43 Å². The van der Waals surface area contributed by atoms with Gasteiger partial charge in [-0.05, 0) is 0 Å². The van der Waals surface area contributed by atoms with E-state index in [2.05, 4.69) is 20.5 Å². The van der Waals surface area contributed by atoms with Crippen molar-refractivity contribution in [2.75, 3.05) is 0 Å². The summed E-state index contributed by atoms with van der Waals surface area (Å²) in [6, 6.07) is -0.670. The molecule has 0 aromatic carbocycles. The minimum Gasteiger partial charge on any atom is -0.265 e. The fourth-order valence-electron chi connectivity index (χ4n) is 0.772. The lowest BCUT2D eigenvalue weighted by Gasteiger charge is -1.95. The highest BCUT2D eigenvalue weighted by atomic mass is 16.2. The highest BCUT2D eigenvalue weighted by molar-refractivity contribution is 6.81. The lowest BCUT2D eigenvalue weighted by atomic mass is 10.2. The predicted octanol–water partition coefficient (Wildman–Crippen LogP) is -0.882. The fraction of sp³-hybridized carbons (Fsp3) is 0. The van der Waals surface area contributed by atoms with Gasteiger partial charge in [-0.3, -0.25) is 4.79 Å². The number of hydrazone groups is 1. The second kappa shape index (κ2) is 1.82. The van der Waals surface area contributed by atoms with Crippen LogP contribution in [0.25, 0.3) is 0 Å². The molecule has 6 heteroatoms. The second-order valence-corrected chi connectivity index (χ2v) is 1.94. The third kappa shape index (κ3) is 0.759. The molecule has 0 aliphatic carbocycles. The molecule has 11 heavy (non-hydrogen) atoms. The van der Waals surface area contributed by atoms with Crippen molar-refractivity contribution >= 4 is 29.6 Å². The number of nitrogens with zero attached hydrogens (tertiary/aromatic N) is 3. The van der Waals surface area contributed by atoms with Gasteiger partial charge in [-0.2, -0.15) is 15.1 Å². The summed E-state index contributed by atoms with van der Waals surface area (Å²) in [5.74, 6) is -0.459. The normalized spacial score (nSPS) is 20.7. The molecular weight excluding hydrogens is 148 g/mol. The maximum atomic E-state index is 10.8. The highest BCUT2D eigenvalue weighted by Crippen LogP contribution is 1.99. The lowest BCUT2D eigenvalue weighted by Crippen LogP contribution is -2.26. The number of rotatable bonds is 0. The minimum absolute atomic E-state index is 0.0463. The fourth-order valence-corrected chi connectivity index (χ4v) is 0.772. The Morgan fingerprint density at radius 1 is 1.36 bits per heavy atom. The molecule has 0 saturated heterocycles. The summed E-state index contributed by atoms with van der Waals surface area (Å²) in [6.45, 7) is 0. The van der Waals surface area contributed by atoms with Crippen LogP contribution in [-0.2, 0) is 4.79 Å². The third-order valence-electron chi connectivity index (χ3n) is 1.24. The SMILES string of the molecule is O=C1N=CC2=NNC(=O)C2=N1. The lowest BCUT2D eigenvalue weighted by molar-refractivity contribution is -0.114. The zero-order chi connectivity index (χ0) is 7.84. The second-order valence-electron chi connectivity index (χ2n) is 1.94. The van der Waals surface area contributed by atoms with Gasteiger partial charge >= 0.3 is 6.03 Å². The molecule has 0 aromatic rings. The van der Waals surface area contributed by atoms with Crippen molar-refractivity contribution < 1.29 is 9.59 Å². The number of carbonyl (C=O) groups is 2. The summed E-state index contributed by atoms with van der Waals surface area (Å²) < 4.78 is 0. The summed E-state index contributed by atoms with van der Waals surface area (Å²) in [7, 11) is 0. The average molecular weight is 150 g/mol. The molecule has 0 atom stereocenters. The number of carbonyl (C=O) groups excluding carboxylic acids is 2. The number of fused-ring (bicyclic) bond motifs is 1. The van der Waals surface area contributed by atoms with Gasteiger partial charge in [-0.1, -0.05) is 0 Å². The van der Waals surface area contributed by atoms with E-state index in [0.29, 0.717) is 5.71 Å². The number of urea groups is 1. The van der Waals surface area contributed by atoms with Gasteiger partial charge in [-0.15, -0.1) is 0 Å². The monoisotopic (exact) mass is 150 g/mol. The molecule has 54 valence electrons. The topological polar surface area (TPSA) is 83.2 Å². The molecule has 0 aromatic heterocycles. The number of hydrogen-bond acceptors (Lipinski definition) is 3. The Bertz CT molecular complexity index is 338. The summed E-state index contributed by atoms with van der Waals surface area (Å²) >= 11 is 0. The quantitative estimate of drug-likeness (QED) is 0.486. The molecule has 0 spiro atoms. The minimum atomic E-state index is -0.670. The molecule has 6 nitrogen and oxygen atoms in total. The van der Waals surface area contributed by atoms with E-state index < -0.39 is 11.9 Å². The third-order valence-corrected chi connectivity index (χ3v) is 1.24. The van der Waals surface area contributed by atoms with Crippen molar-refractivity contribution in [3.8, 4) is 0 Å². The van der Waals surface area contributed by atoms with Gasteiger partial charge in [0.1, 0.15) is 5.71 Å². The van der Waals surface area contributed by atoms with Crippen LogP contribution in [0, 0.1) is 0 Å². The van der Waals surface area contributed by atoms with Gasteiger partial charge in [-0.25, -0.2) is 10.2 Å². The molecule has 0 saturated carbocycles. The number of aliphatic imine (C=N–C) groups is 2. The van der Waals surface area contributed by atoms with Gasteiger partial charge in [0, 0.05) is 0 Å². The Labute approximate surface area is 60.7 Å². The highest BCUT2D eigenvalue weighted by Gasteiger charge is 2.26. The van der Waals surface area contributed by atoms with Crippen LogP contribution in [0.5, 0.6) is 0 Å². The Morgan fingerprint density at radius 3 is 3.00 bits per heavy atom. The summed E-state index contributed by atoms with van der Waals surface area (Å²) in [4.78, 5) is 28.0. The molecule has 2 rings (SSSR count). The van der Waals surface area contributed by atoms with E-state index in [-0.39, 0.29) is 5.71 Å². The van der Waals surface area contributed by atoms with E-state index in [4.69, 9.17) is 0 Å². The molecule has 0 bridgehead atoms. The van der Waals surface area contributed by atoms with Crippen LogP contribution in [0.1, 0.15) is 0 Å². The molecule has 1 N–H and O–H groups in total. The largest absolute Gasteiger partial charge is 0.367 e. The molecular formula is C5H2N4O2. The first-order valence-electron chi connectivity index (χ1n) is 2.82. The first-order chi connectivity index (χ1) is 5.27. The van der Waals surface area contributed by atoms with Gasteiger partial charge in [0.15, 0.2) is 5.71 Å². The number of amides is 3. The molecule has 3 amide bonds. The zero-order valence-corrected chi connectivity index (χ0v) is 5.24. The predicted molar refractivity (Wildman–Crippen MR) is 36.9 cm³/mol. The molecule has 2 aliphatic heterocycles. The number of hydrogen-bond donors (Lipinski definition) is 1. The van der Waals surface area contributed by atoms with Crippen molar-refractivity contribution in [3.05, 3.63) is 0 Å². The number of nitrogens with one attached hydrogen (secondary N) is 1. The molecule has 0 unspecified atom stereocenters. The zero-order valence-electron chi connectivity index (χ0n) is 5.24. The van der Waals surface area contributed by atoms with E-state index in [1.807, 2.05) is 0 Å². The van der Waals surface area contributed by atoms with E-state index in [1.54, 1.807) is 0 Å². The summed E-state index contributed by atoms with van der Waals surface area (Å²) in [6.07, 6.45) is 1.21. The van der Waals surface area contributed by atoms with Gasteiger partial charge < -0.3 is 0 Å². The molecule has 2 aliphatic rings. The Morgan fingerprint density at radius 2 is 2.18 bits per heavy atom. The standard InChI is InChI=1S/C5H2N4O2/c10-4-3-2(8-9-4)1-6-5(11)7-3/h1H,(H,9,10). The van der Waals surface area contributed by atoms with Crippen LogP contribution in [0.15, 0.2) is 15.1 Å². The van der Waals surface area contributed by atoms with Crippen molar-refractivity contribution in [3.63, 3.8) is 0 Å². The smallest absolute Gasteiger partial charge is 0.265 e. The van der Waals surface area contributed by atoms with Crippen LogP contribution < -0.4 is 5.43 Å². The van der Waals surface area contributed by atoms with Gasteiger partial charge in [0.2, 0.25) is 0 Å². The van der Waals surface area contributed by atoms with Crippen LogP contribution in [0.3, 0.4) is 0 Å². The summed E-state index contributed by atoms with van der Waals surface area (Å²) in [5, 5.41) is 3.56. The van der Waals surface area contributed by atoms with Crippen LogP contribution >= 0.6 is 0 Å². The van der Waals surface area contributed by atoms with Crippen LogP contribution in [0.4, 0.5) is 4.79 Å². The van der Waals surface area contributed by atoms with Crippen molar-refractivity contribution in [2.45, 2.75) is 0 Å². The van der Waals surface area contributed by atoms with Gasteiger partial charge in [0.05, 0.1) is 6.21 Å². The van der Waals surface area contributed by atoms with Crippen molar-refractivity contribution in [1.29, 1.82) is 0 Å². The maximum absolute atomic E-state index is 10.8. The van der Waals surface area contributed by atoms with E-state index in [9.17, 15) is 9.59 Å². The average Bonchev–Trinajstić information content (AvgIpc) is 2.33. The Balaban J connectivity index is 2.50. The summed E-state index contributed by atoms with van der Waals surface area (Å²) in [5.41, 5.74) is 2.52. The Hall–Kier alpha value is -1.85. The maximum Gasteiger partial charge on any atom is 0.367 e. The Kier molecular flexibility index (Phi) is 0.974. The van der Waals surface area contributed by atoms with E-state index in [0.717, 1.165) is 0 Å². The van der Waals surface area contributed by atoms with E-state index in [1.165, 1.54) is 6.21 Å². The van der Waals surface area contributed by atoms with Gasteiger partial charge in [0.25, 0.3) is 5.91 Å². The molecule has 0 radical (unpaired) electrons. The van der Waals surface area contributed by atoms with Crippen LogP contribution in [0.2, 0.25) is 0 Å². The first kappa shape index (κ1) is 5.90. The van der Waals surface area contributed by atoms with Crippen LogP contribution in [-0.4, -0.2) is 29.6 Å². The molecule has 2 heterocycles. The molecule has 0 fully saturated rings. The van der Waals surface area contributed by atoms with Crippen molar-refractivity contribution in [2.24, 2.45) is 15.1 Å².